The standard InChI is InChI=1S/C15H24N4O4S/c1-4-10(2)17-13(20)5-6-16-14(21)8-24-9-15(22)18-12-7-11(3)23-19-12/h7,10H,4-6,8-9H2,1-3H3,(H,16,21)(H,17,20)(H,18,19,22). The van der Waals surface area contributed by atoms with Crippen LogP contribution in [0.3, 0.4) is 0 Å². The van der Waals surface area contributed by atoms with E-state index in [1.54, 1.807) is 13.0 Å². The van der Waals surface area contributed by atoms with Crippen LogP contribution in [0.1, 0.15) is 32.4 Å². The van der Waals surface area contributed by atoms with Crippen molar-refractivity contribution in [1.82, 2.24) is 15.8 Å². The number of aryl methyl sites for hydroxylation is 1. The Kier molecular flexibility index (Phi) is 8.92. The van der Waals surface area contributed by atoms with Crippen LogP contribution in [0.5, 0.6) is 0 Å². The van der Waals surface area contributed by atoms with Crippen LogP contribution in [0.4, 0.5) is 5.82 Å². The predicted molar refractivity (Wildman–Crippen MR) is 92.7 cm³/mol. The van der Waals surface area contributed by atoms with Crippen LogP contribution < -0.4 is 16.0 Å². The second-order valence-electron chi connectivity index (χ2n) is 5.34. The average molecular weight is 356 g/mol. The van der Waals surface area contributed by atoms with Crippen molar-refractivity contribution < 1.29 is 18.9 Å². The lowest BCUT2D eigenvalue weighted by Gasteiger charge is -2.11. The zero-order valence-electron chi connectivity index (χ0n) is 14.2. The molecule has 1 rings (SSSR count). The third kappa shape index (κ3) is 8.56. The molecule has 8 nitrogen and oxygen atoms in total. The third-order valence-electron chi connectivity index (χ3n) is 3.06. The molecular weight excluding hydrogens is 332 g/mol. The van der Waals surface area contributed by atoms with Crippen LogP contribution in [0.2, 0.25) is 0 Å². The molecule has 1 atom stereocenters. The lowest BCUT2D eigenvalue weighted by atomic mass is 10.2. The molecule has 0 aliphatic carbocycles. The van der Waals surface area contributed by atoms with Gasteiger partial charge in [-0.25, -0.2) is 0 Å². The van der Waals surface area contributed by atoms with Crippen molar-refractivity contribution in [3.05, 3.63) is 11.8 Å². The van der Waals surface area contributed by atoms with Gasteiger partial charge in [0.1, 0.15) is 5.76 Å². The first-order valence-electron chi connectivity index (χ1n) is 7.77. The van der Waals surface area contributed by atoms with E-state index in [0.29, 0.717) is 11.6 Å². The summed E-state index contributed by atoms with van der Waals surface area (Å²) in [5.74, 6) is 0.700. The fourth-order valence-corrected chi connectivity index (χ4v) is 2.30. The monoisotopic (exact) mass is 356 g/mol. The van der Waals surface area contributed by atoms with E-state index >= 15 is 0 Å². The van der Waals surface area contributed by atoms with Gasteiger partial charge in [-0.1, -0.05) is 12.1 Å². The van der Waals surface area contributed by atoms with Gasteiger partial charge in [0.05, 0.1) is 11.5 Å². The highest BCUT2D eigenvalue weighted by Crippen LogP contribution is 2.08. The van der Waals surface area contributed by atoms with Crippen LogP contribution in [0.15, 0.2) is 10.6 Å². The molecule has 0 fully saturated rings. The molecule has 0 aromatic carbocycles. The molecule has 1 heterocycles. The topological polar surface area (TPSA) is 113 Å². The van der Waals surface area contributed by atoms with Crippen molar-refractivity contribution in [3.63, 3.8) is 0 Å². The summed E-state index contributed by atoms with van der Waals surface area (Å²) in [5, 5.41) is 11.7. The van der Waals surface area contributed by atoms with Crippen molar-refractivity contribution in [3.8, 4) is 0 Å². The Labute approximate surface area is 145 Å². The number of nitrogens with one attached hydrogen (secondary N) is 3. The second kappa shape index (κ2) is 10.7. The van der Waals surface area contributed by atoms with Crippen LogP contribution in [0.25, 0.3) is 0 Å². The minimum atomic E-state index is -0.256. The van der Waals surface area contributed by atoms with Crippen molar-refractivity contribution >= 4 is 35.3 Å². The van der Waals surface area contributed by atoms with Crippen LogP contribution in [-0.2, 0) is 14.4 Å². The number of carbonyl (C=O) groups is 3. The number of aromatic nitrogens is 1. The van der Waals surface area contributed by atoms with E-state index in [0.717, 1.165) is 6.42 Å². The summed E-state index contributed by atoms with van der Waals surface area (Å²) in [6.07, 6.45) is 1.11. The Hall–Kier alpha value is -2.03. The van der Waals surface area contributed by atoms with Gasteiger partial charge in [-0.2, -0.15) is 0 Å². The van der Waals surface area contributed by atoms with E-state index in [2.05, 4.69) is 21.1 Å². The number of hydrogen-bond acceptors (Lipinski definition) is 6. The third-order valence-corrected chi connectivity index (χ3v) is 3.99. The average Bonchev–Trinajstić information content (AvgIpc) is 2.92. The molecule has 0 bridgehead atoms. The van der Waals surface area contributed by atoms with E-state index in [1.165, 1.54) is 11.8 Å². The number of nitrogens with zero attached hydrogens (tertiary/aromatic N) is 1. The molecule has 3 N–H and O–H groups in total. The summed E-state index contributed by atoms with van der Waals surface area (Å²) in [6.45, 7) is 5.93. The molecule has 3 amide bonds. The summed E-state index contributed by atoms with van der Waals surface area (Å²) >= 11 is 1.19. The first-order chi connectivity index (χ1) is 11.4. The lowest BCUT2D eigenvalue weighted by molar-refractivity contribution is -0.122. The van der Waals surface area contributed by atoms with Crippen LogP contribution in [-0.4, -0.2) is 47.0 Å². The Bertz CT molecular complexity index is 561. The number of carbonyl (C=O) groups excluding carboxylic acids is 3. The molecule has 0 spiro atoms. The van der Waals surface area contributed by atoms with E-state index < -0.39 is 0 Å². The van der Waals surface area contributed by atoms with Gasteiger partial charge >= 0.3 is 0 Å². The number of rotatable bonds is 10. The largest absolute Gasteiger partial charge is 0.360 e. The van der Waals surface area contributed by atoms with Gasteiger partial charge in [0.25, 0.3) is 0 Å². The quantitative estimate of drug-likeness (QED) is 0.578. The molecule has 0 radical (unpaired) electrons. The Morgan fingerprint density at radius 2 is 1.96 bits per heavy atom. The minimum absolute atomic E-state index is 0.0837. The summed E-state index contributed by atoms with van der Waals surface area (Å²) in [5.41, 5.74) is 0. The van der Waals surface area contributed by atoms with E-state index in [1.807, 2.05) is 13.8 Å². The zero-order valence-corrected chi connectivity index (χ0v) is 15.0. The fourth-order valence-electron chi connectivity index (χ4n) is 1.66. The smallest absolute Gasteiger partial charge is 0.235 e. The highest BCUT2D eigenvalue weighted by Gasteiger charge is 2.09. The van der Waals surface area contributed by atoms with E-state index in [-0.39, 0.29) is 48.2 Å². The molecule has 9 heteroatoms. The van der Waals surface area contributed by atoms with Gasteiger partial charge in [0.2, 0.25) is 17.7 Å². The molecule has 24 heavy (non-hydrogen) atoms. The highest BCUT2D eigenvalue weighted by atomic mass is 32.2. The predicted octanol–water partition coefficient (Wildman–Crippen LogP) is 1.08. The Morgan fingerprint density at radius 1 is 1.25 bits per heavy atom. The summed E-state index contributed by atoms with van der Waals surface area (Å²) in [4.78, 5) is 34.8. The Balaban J connectivity index is 2.09. The second-order valence-corrected chi connectivity index (χ2v) is 6.33. The van der Waals surface area contributed by atoms with Crippen molar-refractivity contribution in [1.29, 1.82) is 0 Å². The van der Waals surface area contributed by atoms with Crippen LogP contribution in [0, 0.1) is 6.92 Å². The van der Waals surface area contributed by atoms with Crippen molar-refractivity contribution in [2.75, 3.05) is 23.4 Å². The van der Waals surface area contributed by atoms with Gasteiger partial charge in [-0.15, -0.1) is 11.8 Å². The molecule has 1 aromatic heterocycles. The summed E-state index contributed by atoms with van der Waals surface area (Å²) in [7, 11) is 0. The first-order valence-corrected chi connectivity index (χ1v) is 8.93. The molecule has 0 saturated carbocycles. The number of hydrogen-bond donors (Lipinski definition) is 3. The molecule has 0 saturated heterocycles. The summed E-state index contributed by atoms with van der Waals surface area (Å²) in [6, 6.07) is 1.75. The molecule has 0 aliphatic heterocycles. The fraction of sp³-hybridized carbons (Fsp3) is 0.600. The maximum Gasteiger partial charge on any atom is 0.235 e. The van der Waals surface area contributed by atoms with Gasteiger partial charge in [0.15, 0.2) is 5.82 Å². The first kappa shape index (κ1) is 20.0. The SMILES string of the molecule is CCC(C)NC(=O)CCNC(=O)CSCC(=O)Nc1cc(C)on1. The normalized spacial score (nSPS) is 11.6. The maximum atomic E-state index is 11.6. The minimum Gasteiger partial charge on any atom is -0.360 e. The van der Waals surface area contributed by atoms with Crippen molar-refractivity contribution in [2.45, 2.75) is 39.7 Å². The van der Waals surface area contributed by atoms with Gasteiger partial charge in [-0.05, 0) is 20.3 Å². The molecular formula is C15H24N4O4S. The highest BCUT2D eigenvalue weighted by molar-refractivity contribution is 8.00. The zero-order chi connectivity index (χ0) is 17.9. The van der Waals surface area contributed by atoms with E-state index in [4.69, 9.17) is 4.52 Å². The van der Waals surface area contributed by atoms with Crippen LogP contribution >= 0.6 is 11.8 Å². The van der Waals surface area contributed by atoms with Gasteiger partial charge < -0.3 is 20.5 Å². The molecule has 0 aliphatic rings. The lowest BCUT2D eigenvalue weighted by Crippen LogP contribution is -2.35. The molecule has 1 aromatic rings. The van der Waals surface area contributed by atoms with Gasteiger partial charge in [-0.3, -0.25) is 14.4 Å². The number of amides is 3. The van der Waals surface area contributed by atoms with E-state index in [9.17, 15) is 14.4 Å². The Morgan fingerprint density at radius 3 is 2.58 bits per heavy atom. The number of anilines is 1. The van der Waals surface area contributed by atoms with Gasteiger partial charge in [0, 0.05) is 25.1 Å². The summed E-state index contributed by atoms with van der Waals surface area (Å²) < 4.78 is 4.83. The van der Waals surface area contributed by atoms with Crippen molar-refractivity contribution in [2.24, 2.45) is 0 Å². The number of thioether (sulfide) groups is 1. The molecule has 134 valence electrons. The maximum absolute atomic E-state index is 11.6. The molecule has 1 unspecified atom stereocenters.